The molecular weight excluding hydrogens is 326 g/mol. The molecule has 7 heteroatoms. The van der Waals surface area contributed by atoms with Gasteiger partial charge in [0.25, 0.3) is 0 Å². The van der Waals surface area contributed by atoms with Crippen molar-refractivity contribution in [2.75, 3.05) is 0 Å². The van der Waals surface area contributed by atoms with E-state index in [4.69, 9.17) is 9.26 Å². The molecule has 1 aliphatic carbocycles. The highest BCUT2D eigenvalue weighted by molar-refractivity contribution is 7.84. The van der Waals surface area contributed by atoms with Gasteiger partial charge in [-0.25, -0.2) is 8.93 Å². The maximum atomic E-state index is 12.5. The van der Waals surface area contributed by atoms with Gasteiger partial charge in [-0.3, -0.25) is 0 Å². The molecule has 0 aliphatic heterocycles. The fraction of sp³-hybridized carbons (Fsp3) is 0.529. The van der Waals surface area contributed by atoms with Gasteiger partial charge in [0.2, 0.25) is 6.39 Å². The van der Waals surface area contributed by atoms with Crippen molar-refractivity contribution >= 4 is 11.0 Å². The number of nitrogens with one attached hydrogen (secondary N) is 1. The molecule has 1 fully saturated rings. The van der Waals surface area contributed by atoms with Crippen LogP contribution in [0, 0.1) is 0 Å². The summed E-state index contributed by atoms with van der Waals surface area (Å²) in [5.41, 5.74) is 0.591. The van der Waals surface area contributed by atoms with Crippen molar-refractivity contribution in [3.63, 3.8) is 0 Å². The molecule has 1 aromatic heterocycles. The smallest absolute Gasteiger partial charge is 0.213 e. The van der Waals surface area contributed by atoms with E-state index in [2.05, 4.69) is 14.9 Å². The summed E-state index contributed by atoms with van der Waals surface area (Å²) in [4.78, 5) is 4.17. The lowest BCUT2D eigenvalue weighted by Crippen LogP contribution is -2.58. The molecule has 0 amide bonds. The molecule has 24 heavy (non-hydrogen) atoms. The molecule has 1 unspecified atom stereocenters. The summed E-state index contributed by atoms with van der Waals surface area (Å²) in [5.74, 6) is 0.541. The van der Waals surface area contributed by atoms with Crippen molar-refractivity contribution in [3.8, 4) is 0 Å². The lowest BCUT2D eigenvalue weighted by Gasteiger charge is -2.46. The molecule has 1 N–H and O–H groups in total. The lowest BCUT2D eigenvalue weighted by molar-refractivity contribution is -0.0622. The van der Waals surface area contributed by atoms with E-state index < -0.39 is 16.5 Å². The van der Waals surface area contributed by atoms with Gasteiger partial charge in [-0.05, 0) is 26.3 Å². The molecule has 130 valence electrons. The molecule has 6 nitrogen and oxygen atoms in total. The zero-order valence-electron chi connectivity index (χ0n) is 14.2. The highest BCUT2D eigenvalue weighted by Crippen LogP contribution is 2.42. The van der Waals surface area contributed by atoms with E-state index in [0.717, 1.165) is 5.56 Å². The molecule has 1 aromatic carbocycles. The van der Waals surface area contributed by atoms with E-state index >= 15 is 0 Å². The van der Waals surface area contributed by atoms with Gasteiger partial charge in [0.05, 0.1) is 34.0 Å². The van der Waals surface area contributed by atoms with Crippen molar-refractivity contribution < 1.29 is 13.5 Å². The molecule has 1 aliphatic rings. The molecule has 1 heterocycles. The average molecular weight is 349 g/mol. The molecule has 2 aromatic rings. The minimum Gasteiger partial charge on any atom is -0.373 e. The Morgan fingerprint density at radius 1 is 1.33 bits per heavy atom. The van der Waals surface area contributed by atoms with Gasteiger partial charge in [-0.2, -0.15) is 4.98 Å². The maximum absolute atomic E-state index is 12.5. The Balaban J connectivity index is 1.64. The van der Waals surface area contributed by atoms with Crippen LogP contribution in [-0.2, 0) is 27.9 Å². The molecule has 1 saturated carbocycles. The van der Waals surface area contributed by atoms with Crippen LogP contribution in [0.5, 0.6) is 0 Å². The summed E-state index contributed by atoms with van der Waals surface area (Å²) < 4.78 is 26.2. The normalized spacial score (nSPS) is 25.2. The fourth-order valence-corrected chi connectivity index (χ4v) is 3.57. The molecule has 0 spiro atoms. The molecule has 3 rings (SSSR count). The number of hydrogen-bond acceptors (Lipinski definition) is 5. The summed E-state index contributed by atoms with van der Waals surface area (Å²) in [6.07, 6.45) is 2.72. The molecule has 0 radical (unpaired) electrons. The average Bonchev–Trinajstić information content (AvgIpc) is 3.03. The quantitative estimate of drug-likeness (QED) is 0.867. The topological polar surface area (TPSA) is 77.3 Å². The molecule has 0 saturated heterocycles. The maximum Gasteiger partial charge on any atom is 0.213 e. The van der Waals surface area contributed by atoms with Crippen LogP contribution in [0.25, 0.3) is 0 Å². The van der Waals surface area contributed by atoms with Crippen LogP contribution < -0.4 is 4.72 Å². The van der Waals surface area contributed by atoms with Gasteiger partial charge in [-0.15, -0.1) is 0 Å². The van der Waals surface area contributed by atoms with E-state index in [1.807, 2.05) is 51.1 Å². The van der Waals surface area contributed by atoms with Gasteiger partial charge in [0, 0.05) is 12.8 Å². The number of nitrogens with zero attached hydrogens (tertiary/aromatic N) is 2. The summed E-state index contributed by atoms with van der Waals surface area (Å²) >= 11 is 0. The Labute approximate surface area is 144 Å². The van der Waals surface area contributed by atoms with Crippen LogP contribution in [0.4, 0.5) is 0 Å². The zero-order valence-corrected chi connectivity index (χ0v) is 15.0. The third kappa shape index (κ3) is 3.74. The largest absolute Gasteiger partial charge is 0.373 e. The van der Waals surface area contributed by atoms with Crippen molar-refractivity contribution in [2.24, 2.45) is 0 Å². The first-order valence-corrected chi connectivity index (χ1v) is 9.16. The second-order valence-electron chi connectivity index (χ2n) is 7.15. The number of aromatic nitrogens is 2. The van der Waals surface area contributed by atoms with Gasteiger partial charge in [0.1, 0.15) is 0 Å². The van der Waals surface area contributed by atoms with E-state index in [1.54, 1.807) is 0 Å². The Bertz CT molecular complexity index is 677. The standard InChI is InChI=1S/C17H23N3O3S/c1-16(2,3)24(21)20-17(15-18-12-23-19-15)9-14(10-17)22-11-13-7-5-4-6-8-13/h4-8,12,14,20H,9-11H2,1-3H3. The Hall–Kier alpha value is -1.57. The summed E-state index contributed by atoms with van der Waals surface area (Å²) in [6, 6.07) is 10.1. The van der Waals surface area contributed by atoms with E-state index in [9.17, 15) is 4.21 Å². The number of ether oxygens (including phenoxy) is 1. The molecule has 1 atom stereocenters. The van der Waals surface area contributed by atoms with E-state index in [1.165, 1.54) is 6.39 Å². The Kier molecular flexibility index (Phi) is 4.85. The van der Waals surface area contributed by atoms with Gasteiger partial charge >= 0.3 is 0 Å². The molecular formula is C17H23N3O3S. The third-order valence-electron chi connectivity index (χ3n) is 4.11. The van der Waals surface area contributed by atoms with Gasteiger partial charge in [-0.1, -0.05) is 35.5 Å². The number of rotatable bonds is 6. The van der Waals surface area contributed by atoms with Crippen LogP contribution in [0.1, 0.15) is 45.0 Å². The predicted octanol–water partition coefficient (Wildman–Crippen LogP) is 2.70. The fourth-order valence-electron chi connectivity index (χ4n) is 2.65. The van der Waals surface area contributed by atoms with Crippen LogP contribution in [0.15, 0.2) is 41.2 Å². The third-order valence-corrected chi connectivity index (χ3v) is 5.80. The SMILES string of the molecule is CC(C)(C)S(=O)NC1(c2ncon2)CC(OCc2ccccc2)C1. The first-order chi connectivity index (χ1) is 11.4. The zero-order chi connectivity index (χ0) is 17.2. The van der Waals surface area contributed by atoms with Crippen molar-refractivity contribution in [1.29, 1.82) is 0 Å². The number of benzene rings is 1. The second kappa shape index (κ2) is 6.74. The summed E-state index contributed by atoms with van der Waals surface area (Å²) in [7, 11) is -1.22. The first-order valence-electron chi connectivity index (χ1n) is 8.01. The van der Waals surface area contributed by atoms with E-state index in [-0.39, 0.29) is 10.9 Å². The Morgan fingerprint density at radius 2 is 2.04 bits per heavy atom. The summed E-state index contributed by atoms with van der Waals surface area (Å²) in [5, 5.41) is 3.96. The Morgan fingerprint density at radius 3 is 2.62 bits per heavy atom. The van der Waals surface area contributed by atoms with Crippen LogP contribution in [-0.4, -0.2) is 25.2 Å². The minimum atomic E-state index is -1.22. The predicted molar refractivity (Wildman–Crippen MR) is 91.3 cm³/mol. The van der Waals surface area contributed by atoms with Gasteiger partial charge < -0.3 is 9.26 Å². The lowest BCUT2D eigenvalue weighted by atomic mass is 9.74. The van der Waals surface area contributed by atoms with Crippen molar-refractivity contribution in [3.05, 3.63) is 48.1 Å². The highest BCUT2D eigenvalue weighted by atomic mass is 32.2. The molecule has 0 bridgehead atoms. The minimum absolute atomic E-state index is 0.0770. The van der Waals surface area contributed by atoms with Crippen LogP contribution in [0.3, 0.4) is 0 Å². The monoisotopic (exact) mass is 349 g/mol. The van der Waals surface area contributed by atoms with Crippen molar-refractivity contribution in [2.45, 2.75) is 56.6 Å². The van der Waals surface area contributed by atoms with Crippen LogP contribution in [0.2, 0.25) is 0 Å². The van der Waals surface area contributed by atoms with E-state index in [0.29, 0.717) is 25.3 Å². The van der Waals surface area contributed by atoms with Crippen molar-refractivity contribution in [1.82, 2.24) is 14.9 Å². The summed E-state index contributed by atoms with van der Waals surface area (Å²) in [6.45, 7) is 6.36. The van der Waals surface area contributed by atoms with Crippen LogP contribution >= 0.6 is 0 Å². The highest BCUT2D eigenvalue weighted by Gasteiger charge is 2.51. The first kappa shape index (κ1) is 17.3. The van der Waals surface area contributed by atoms with Gasteiger partial charge in [0.15, 0.2) is 5.82 Å². The second-order valence-corrected chi connectivity index (χ2v) is 9.11. The number of hydrogen-bond donors (Lipinski definition) is 1.